The molecule has 0 aromatic heterocycles. The van der Waals surface area contributed by atoms with Gasteiger partial charge in [-0.3, -0.25) is 0 Å². The highest BCUT2D eigenvalue weighted by atomic mass is 32.2. The van der Waals surface area contributed by atoms with E-state index in [4.69, 9.17) is 9.84 Å². The zero-order chi connectivity index (χ0) is 14.6. The summed E-state index contributed by atoms with van der Waals surface area (Å²) in [4.78, 5) is 0. The highest BCUT2D eigenvalue weighted by Gasteiger charge is 2.03. The number of hydrogen-bond acceptors (Lipinski definition) is 3. The average molecular weight is 292 g/mol. The highest BCUT2D eigenvalue weighted by molar-refractivity contribution is 7.98. The lowest BCUT2D eigenvalue weighted by Gasteiger charge is -2.07. The Labute approximate surface area is 126 Å². The number of aliphatic hydroxyl groups is 1. The topological polar surface area (TPSA) is 29.5 Å². The first-order valence-electron chi connectivity index (χ1n) is 7.16. The fourth-order valence-electron chi connectivity index (χ4n) is 1.79. The van der Waals surface area contributed by atoms with Crippen LogP contribution in [-0.2, 0) is 5.75 Å². The Morgan fingerprint density at radius 2 is 2.15 bits per heavy atom. The van der Waals surface area contributed by atoms with Crippen LogP contribution < -0.4 is 4.74 Å². The zero-order valence-electron chi connectivity index (χ0n) is 12.4. The number of unbranched alkanes of at least 4 members (excludes halogenated alkanes) is 2. The summed E-state index contributed by atoms with van der Waals surface area (Å²) in [6.07, 6.45) is 4.36. The molecule has 0 bridgehead atoms. The summed E-state index contributed by atoms with van der Waals surface area (Å²) in [7, 11) is 1.69. The van der Waals surface area contributed by atoms with Gasteiger partial charge in [0.2, 0.25) is 0 Å². The van der Waals surface area contributed by atoms with Gasteiger partial charge in [-0.2, -0.15) is 11.8 Å². The molecule has 1 rings (SSSR count). The van der Waals surface area contributed by atoms with E-state index in [1.165, 1.54) is 30.6 Å². The van der Waals surface area contributed by atoms with Gasteiger partial charge in [-0.05, 0) is 35.9 Å². The van der Waals surface area contributed by atoms with E-state index in [0.717, 1.165) is 17.1 Å². The van der Waals surface area contributed by atoms with Gasteiger partial charge in [0, 0.05) is 17.7 Å². The van der Waals surface area contributed by atoms with Crippen molar-refractivity contribution in [3.8, 4) is 17.6 Å². The van der Waals surface area contributed by atoms with Crippen molar-refractivity contribution in [2.45, 2.75) is 38.4 Å². The van der Waals surface area contributed by atoms with Crippen molar-refractivity contribution < 1.29 is 9.84 Å². The molecule has 20 heavy (non-hydrogen) atoms. The fraction of sp³-hybridized carbons (Fsp3) is 0.529. The first kappa shape index (κ1) is 16.9. The van der Waals surface area contributed by atoms with Crippen LogP contribution >= 0.6 is 11.8 Å². The monoisotopic (exact) mass is 292 g/mol. The van der Waals surface area contributed by atoms with Crippen LogP contribution in [0.4, 0.5) is 0 Å². The highest BCUT2D eigenvalue weighted by Crippen LogP contribution is 2.22. The number of benzene rings is 1. The van der Waals surface area contributed by atoms with Crippen LogP contribution in [0, 0.1) is 11.8 Å². The summed E-state index contributed by atoms with van der Waals surface area (Å²) < 4.78 is 5.28. The van der Waals surface area contributed by atoms with Gasteiger partial charge >= 0.3 is 0 Å². The number of aliphatic hydroxyl groups excluding tert-OH is 1. The Morgan fingerprint density at radius 3 is 2.85 bits per heavy atom. The third-order valence-electron chi connectivity index (χ3n) is 2.92. The molecule has 0 unspecified atom stereocenters. The maximum atomic E-state index is 8.79. The molecule has 0 spiro atoms. The van der Waals surface area contributed by atoms with Gasteiger partial charge in [0.1, 0.15) is 5.75 Å². The van der Waals surface area contributed by atoms with E-state index >= 15 is 0 Å². The Hall–Kier alpha value is -1.11. The third-order valence-corrected chi connectivity index (χ3v) is 4.01. The molecule has 0 saturated heterocycles. The Balaban J connectivity index is 2.66. The van der Waals surface area contributed by atoms with Crippen molar-refractivity contribution in [1.29, 1.82) is 0 Å². The third kappa shape index (κ3) is 6.36. The van der Waals surface area contributed by atoms with E-state index in [1.807, 2.05) is 23.9 Å². The molecule has 1 aromatic rings. The lowest BCUT2D eigenvalue weighted by Crippen LogP contribution is -1.92. The molecule has 0 atom stereocenters. The molecule has 1 aromatic carbocycles. The minimum absolute atomic E-state index is 0.115. The van der Waals surface area contributed by atoms with Crippen molar-refractivity contribution >= 4 is 11.8 Å². The molecular formula is C17H24O2S. The lowest BCUT2D eigenvalue weighted by atomic mass is 10.1. The normalized spacial score (nSPS) is 9.95. The van der Waals surface area contributed by atoms with Crippen molar-refractivity contribution in [2.24, 2.45) is 0 Å². The lowest BCUT2D eigenvalue weighted by molar-refractivity contribution is 0.305. The number of methoxy groups -OCH3 is 1. The quantitative estimate of drug-likeness (QED) is 0.583. The average Bonchev–Trinajstić information content (AvgIpc) is 2.48. The van der Waals surface area contributed by atoms with Gasteiger partial charge in [-0.1, -0.05) is 31.6 Å². The van der Waals surface area contributed by atoms with Crippen LogP contribution in [0.1, 0.15) is 43.7 Å². The predicted molar refractivity (Wildman–Crippen MR) is 87.3 cm³/mol. The number of hydrogen-bond donors (Lipinski definition) is 1. The van der Waals surface area contributed by atoms with E-state index in [-0.39, 0.29) is 6.61 Å². The van der Waals surface area contributed by atoms with Gasteiger partial charge in [-0.15, -0.1) is 0 Å². The van der Waals surface area contributed by atoms with Crippen molar-refractivity contribution in [1.82, 2.24) is 0 Å². The minimum Gasteiger partial charge on any atom is -0.497 e. The predicted octanol–water partition coefficient (Wildman–Crippen LogP) is 3.85. The van der Waals surface area contributed by atoms with Crippen LogP contribution in [0.25, 0.3) is 0 Å². The molecule has 0 saturated carbocycles. The summed E-state index contributed by atoms with van der Waals surface area (Å²) in [6, 6.07) is 6.01. The van der Waals surface area contributed by atoms with E-state index in [9.17, 15) is 0 Å². The Bertz CT molecular complexity index is 446. The van der Waals surface area contributed by atoms with Gasteiger partial charge < -0.3 is 9.84 Å². The SMILES string of the molecule is CCCCCSCc1cc(OC)ccc1C#CCCO. The smallest absolute Gasteiger partial charge is 0.119 e. The van der Waals surface area contributed by atoms with E-state index in [2.05, 4.69) is 24.8 Å². The van der Waals surface area contributed by atoms with Gasteiger partial charge in [-0.25, -0.2) is 0 Å². The molecule has 110 valence electrons. The second kappa shape index (κ2) is 10.7. The second-order valence-electron chi connectivity index (χ2n) is 4.56. The summed E-state index contributed by atoms with van der Waals surface area (Å²) >= 11 is 1.95. The maximum absolute atomic E-state index is 8.79. The largest absolute Gasteiger partial charge is 0.497 e. The molecule has 0 radical (unpaired) electrons. The Kier molecular flexibility index (Phi) is 9.02. The van der Waals surface area contributed by atoms with Gasteiger partial charge in [0.05, 0.1) is 13.7 Å². The minimum atomic E-state index is 0.115. The van der Waals surface area contributed by atoms with E-state index < -0.39 is 0 Å². The first-order chi connectivity index (χ1) is 9.81. The molecule has 3 heteroatoms. The molecule has 0 aliphatic heterocycles. The molecule has 0 amide bonds. The number of thioether (sulfide) groups is 1. The van der Waals surface area contributed by atoms with Crippen LogP contribution in [0.15, 0.2) is 18.2 Å². The second-order valence-corrected chi connectivity index (χ2v) is 5.66. The first-order valence-corrected chi connectivity index (χ1v) is 8.31. The number of ether oxygens (including phenoxy) is 1. The molecule has 0 aliphatic rings. The fourth-order valence-corrected chi connectivity index (χ4v) is 2.80. The summed E-state index contributed by atoms with van der Waals surface area (Å²) in [5.41, 5.74) is 2.26. The van der Waals surface area contributed by atoms with Crippen molar-refractivity contribution in [3.05, 3.63) is 29.3 Å². The van der Waals surface area contributed by atoms with Crippen LogP contribution in [-0.4, -0.2) is 24.6 Å². The molecule has 0 heterocycles. The van der Waals surface area contributed by atoms with Crippen LogP contribution in [0.2, 0.25) is 0 Å². The Morgan fingerprint density at radius 1 is 1.30 bits per heavy atom. The van der Waals surface area contributed by atoms with Crippen LogP contribution in [0.3, 0.4) is 0 Å². The summed E-state index contributed by atoms with van der Waals surface area (Å²) in [5, 5.41) is 8.79. The zero-order valence-corrected chi connectivity index (χ0v) is 13.3. The molecule has 1 N–H and O–H groups in total. The molecule has 0 aliphatic carbocycles. The summed E-state index contributed by atoms with van der Waals surface area (Å²) in [5.74, 6) is 9.16. The van der Waals surface area contributed by atoms with E-state index in [1.54, 1.807) is 7.11 Å². The van der Waals surface area contributed by atoms with Gasteiger partial charge in [0.15, 0.2) is 0 Å². The summed E-state index contributed by atoms with van der Waals surface area (Å²) in [6.45, 7) is 2.34. The van der Waals surface area contributed by atoms with Gasteiger partial charge in [0.25, 0.3) is 0 Å². The standard InChI is InChI=1S/C17H24O2S/c1-3-4-7-12-20-14-16-13-17(19-2)10-9-15(16)8-5-6-11-18/h9-10,13,18H,3-4,6-7,11-12,14H2,1-2H3. The maximum Gasteiger partial charge on any atom is 0.119 e. The molecule has 0 fully saturated rings. The molecule has 2 nitrogen and oxygen atoms in total. The van der Waals surface area contributed by atoms with E-state index in [0.29, 0.717) is 6.42 Å². The van der Waals surface area contributed by atoms with Crippen molar-refractivity contribution in [3.63, 3.8) is 0 Å². The molecular weight excluding hydrogens is 268 g/mol. The number of rotatable bonds is 8. The van der Waals surface area contributed by atoms with Crippen molar-refractivity contribution in [2.75, 3.05) is 19.5 Å². The van der Waals surface area contributed by atoms with Crippen LogP contribution in [0.5, 0.6) is 5.75 Å².